The molecule has 0 spiro atoms. The van der Waals surface area contributed by atoms with Gasteiger partial charge in [0.05, 0.1) is 5.52 Å². The van der Waals surface area contributed by atoms with Crippen molar-refractivity contribution in [1.29, 1.82) is 0 Å². The van der Waals surface area contributed by atoms with Gasteiger partial charge < -0.3 is 5.73 Å². The molecule has 21 heavy (non-hydrogen) atoms. The van der Waals surface area contributed by atoms with Gasteiger partial charge in [-0.1, -0.05) is 30.3 Å². The van der Waals surface area contributed by atoms with E-state index in [1.165, 1.54) is 21.4 Å². The van der Waals surface area contributed by atoms with Gasteiger partial charge in [0, 0.05) is 28.3 Å². The van der Waals surface area contributed by atoms with Crippen LogP contribution in [-0.2, 0) is 5.75 Å². The normalized spacial score (nSPS) is 12.5. The minimum atomic E-state index is 0.0762. The van der Waals surface area contributed by atoms with E-state index in [-0.39, 0.29) is 6.04 Å². The SMILES string of the molecule is CC(N)c1cccc(SCc2ccnc3ccccc23)c1. The molecule has 2 aromatic carbocycles. The minimum absolute atomic E-state index is 0.0762. The quantitative estimate of drug-likeness (QED) is 0.718. The van der Waals surface area contributed by atoms with Crippen LogP contribution in [0.5, 0.6) is 0 Å². The summed E-state index contributed by atoms with van der Waals surface area (Å²) in [5, 5.41) is 1.23. The lowest BCUT2D eigenvalue weighted by atomic mass is 10.1. The van der Waals surface area contributed by atoms with E-state index in [4.69, 9.17) is 5.73 Å². The van der Waals surface area contributed by atoms with E-state index in [9.17, 15) is 0 Å². The Morgan fingerprint density at radius 1 is 1.10 bits per heavy atom. The summed E-state index contributed by atoms with van der Waals surface area (Å²) in [4.78, 5) is 5.66. The van der Waals surface area contributed by atoms with Gasteiger partial charge in [0.2, 0.25) is 0 Å². The van der Waals surface area contributed by atoms with Gasteiger partial charge in [-0.3, -0.25) is 4.98 Å². The van der Waals surface area contributed by atoms with Crippen LogP contribution >= 0.6 is 11.8 Å². The molecule has 1 heterocycles. The summed E-state index contributed by atoms with van der Waals surface area (Å²) in [6, 6.07) is 18.9. The predicted molar refractivity (Wildman–Crippen MR) is 90.3 cm³/mol. The van der Waals surface area contributed by atoms with E-state index < -0.39 is 0 Å². The molecule has 0 fully saturated rings. The molecule has 0 radical (unpaired) electrons. The Labute approximate surface area is 129 Å². The van der Waals surface area contributed by atoms with Crippen LogP contribution in [0.1, 0.15) is 24.1 Å². The first-order chi connectivity index (χ1) is 10.2. The second-order valence-corrected chi connectivity index (χ2v) is 6.19. The zero-order valence-electron chi connectivity index (χ0n) is 12.0. The third kappa shape index (κ3) is 3.26. The highest BCUT2D eigenvalue weighted by Crippen LogP contribution is 2.27. The van der Waals surface area contributed by atoms with Crippen molar-refractivity contribution in [2.24, 2.45) is 5.73 Å². The smallest absolute Gasteiger partial charge is 0.0705 e. The van der Waals surface area contributed by atoms with Crippen molar-refractivity contribution in [3.8, 4) is 0 Å². The lowest BCUT2D eigenvalue weighted by Crippen LogP contribution is -2.04. The largest absolute Gasteiger partial charge is 0.324 e. The number of aromatic nitrogens is 1. The topological polar surface area (TPSA) is 38.9 Å². The second kappa shape index (κ2) is 6.29. The molecule has 3 heteroatoms. The first-order valence-corrected chi connectivity index (χ1v) is 8.03. The van der Waals surface area contributed by atoms with Crippen LogP contribution in [0.2, 0.25) is 0 Å². The first-order valence-electron chi connectivity index (χ1n) is 7.05. The third-order valence-electron chi connectivity index (χ3n) is 3.52. The van der Waals surface area contributed by atoms with E-state index in [2.05, 4.69) is 53.5 Å². The molecule has 0 saturated heterocycles. The molecular formula is C18H18N2S. The number of hydrogen-bond donors (Lipinski definition) is 1. The van der Waals surface area contributed by atoms with Crippen LogP contribution in [0, 0.1) is 0 Å². The van der Waals surface area contributed by atoms with Crippen LogP contribution in [-0.4, -0.2) is 4.98 Å². The van der Waals surface area contributed by atoms with Crippen molar-refractivity contribution in [3.63, 3.8) is 0 Å². The average Bonchev–Trinajstić information content (AvgIpc) is 2.53. The number of nitrogens with zero attached hydrogens (tertiary/aromatic N) is 1. The van der Waals surface area contributed by atoms with Gasteiger partial charge in [-0.25, -0.2) is 0 Å². The molecule has 2 N–H and O–H groups in total. The molecule has 1 atom stereocenters. The summed E-state index contributed by atoms with van der Waals surface area (Å²) in [5.74, 6) is 0.936. The number of nitrogens with two attached hydrogens (primary N) is 1. The number of hydrogen-bond acceptors (Lipinski definition) is 3. The fourth-order valence-electron chi connectivity index (χ4n) is 2.33. The van der Waals surface area contributed by atoms with Gasteiger partial charge in [0.25, 0.3) is 0 Å². The van der Waals surface area contributed by atoms with E-state index in [0.717, 1.165) is 11.3 Å². The molecule has 0 aliphatic rings. The Bertz CT molecular complexity index is 748. The molecule has 0 saturated carbocycles. The molecule has 0 aliphatic heterocycles. The summed E-state index contributed by atoms with van der Waals surface area (Å²) < 4.78 is 0. The van der Waals surface area contributed by atoms with Gasteiger partial charge >= 0.3 is 0 Å². The minimum Gasteiger partial charge on any atom is -0.324 e. The number of thioether (sulfide) groups is 1. The summed E-state index contributed by atoms with van der Waals surface area (Å²) in [7, 11) is 0. The fourth-order valence-corrected chi connectivity index (χ4v) is 3.30. The molecule has 3 rings (SSSR count). The Balaban J connectivity index is 1.82. The van der Waals surface area contributed by atoms with Crippen LogP contribution in [0.15, 0.2) is 65.7 Å². The van der Waals surface area contributed by atoms with Crippen LogP contribution in [0.3, 0.4) is 0 Å². The number of pyridine rings is 1. The second-order valence-electron chi connectivity index (χ2n) is 5.14. The summed E-state index contributed by atoms with van der Waals surface area (Å²) >= 11 is 1.84. The Morgan fingerprint density at radius 3 is 2.81 bits per heavy atom. The number of rotatable bonds is 4. The standard InChI is InChI=1S/C18H18N2S/c1-13(19)14-5-4-6-16(11-14)21-12-15-9-10-20-18-8-3-2-7-17(15)18/h2-11,13H,12,19H2,1H3. The molecule has 0 amide bonds. The summed E-state index contributed by atoms with van der Waals surface area (Å²) in [6.07, 6.45) is 1.89. The van der Waals surface area contributed by atoms with Crippen LogP contribution < -0.4 is 5.73 Å². The number of benzene rings is 2. The van der Waals surface area contributed by atoms with Gasteiger partial charge in [-0.05, 0) is 42.3 Å². The number of fused-ring (bicyclic) bond motifs is 1. The lowest BCUT2D eigenvalue weighted by Gasteiger charge is -2.09. The molecule has 1 unspecified atom stereocenters. The van der Waals surface area contributed by atoms with E-state index >= 15 is 0 Å². The molecule has 0 bridgehead atoms. The first kappa shape index (κ1) is 14.1. The maximum atomic E-state index is 5.95. The summed E-state index contributed by atoms with van der Waals surface area (Å²) in [5.41, 5.74) is 9.50. The highest BCUT2D eigenvalue weighted by Gasteiger charge is 2.04. The van der Waals surface area contributed by atoms with Gasteiger partial charge in [0.15, 0.2) is 0 Å². The monoisotopic (exact) mass is 294 g/mol. The molecule has 106 valence electrons. The van der Waals surface area contributed by atoms with Crippen molar-refractivity contribution < 1.29 is 0 Å². The van der Waals surface area contributed by atoms with Crippen molar-refractivity contribution in [2.75, 3.05) is 0 Å². The highest BCUT2D eigenvalue weighted by atomic mass is 32.2. The van der Waals surface area contributed by atoms with Gasteiger partial charge in [-0.15, -0.1) is 11.8 Å². The van der Waals surface area contributed by atoms with E-state index in [1.54, 1.807) is 0 Å². The lowest BCUT2D eigenvalue weighted by molar-refractivity contribution is 0.815. The average molecular weight is 294 g/mol. The van der Waals surface area contributed by atoms with Crippen molar-refractivity contribution in [3.05, 3.63) is 71.9 Å². The molecule has 0 aliphatic carbocycles. The van der Waals surface area contributed by atoms with Gasteiger partial charge in [0.1, 0.15) is 0 Å². The van der Waals surface area contributed by atoms with Crippen molar-refractivity contribution >= 4 is 22.7 Å². The fraction of sp³-hybridized carbons (Fsp3) is 0.167. The molecule has 3 aromatic rings. The predicted octanol–water partition coefficient (Wildman–Crippen LogP) is 4.55. The van der Waals surface area contributed by atoms with E-state index in [0.29, 0.717) is 0 Å². The maximum Gasteiger partial charge on any atom is 0.0705 e. The molecule has 1 aromatic heterocycles. The zero-order chi connectivity index (χ0) is 14.7. The molecular weight excluding hydrogens is 276 g/mol. The van der Waals surface area contributed by atoms with Crippen LogP contribution in [0.25, 0.3) is 10.9 Å². The highest BCUT2D eigenvalue weighted by molar-refractivity contribution is 7.98. The Kier molecular flexibility index (Phi) is 4.23. The zero-order valence-corrected chi connectivity index (χ0v) is 12.8. The maximum absolute atomic E-state index is 5.95. The van der Waals surface area contributed by atoms with Crippen molar-refractivity contribution in [1.82, 2.24) is 4.98 Å². The van der Waals surface area contributed by atoms with Gasteiger partial charge in [-0.2, -0.15) is 0 Å². The van der Waals surface area contributed by atoms with E-state index in [1.807, 2.05) is 30.9 Å². The Hall–Kier alpha value is -1.84. The molecule has 2 nitrogen and oxygen atoms in total. The number of para-hydroxylation sites is 1. The van der Waals surface area contributed by atoms with Crippen LogP contribution in [0.4, 0.5) is 0 Å². The van der Waals surface area contributed by atoms with Crippen molar-refractivity contribution in [2.45, 2.75) is 23.6 Å². The third-order valence-corrected chi connectivity index (χ3v) is 4.56. The summed E-state index contributed by atoms with van der Waals surface area (Å²) in [6.45, 7) is 2.01. The Morgan fingerprint density at radius 2 is 1.95 bits per heavy atom.